The first-order valence-electron chi connectivity index (χ1n) is 8.30. The molecule has 2 heteroatoms. The van der Waals surface area contributed by atoms with Crippen molar-refractivity contribution in [2.45, 2.75) is 38.0 Å². The Morgan fingerprint density at radius 2 is 1.87 bits per heavy atom. The van der Waals surface area contributed by atoms with Crippen LogP contribution in [0.25, 0.3) is 0 Å². The van der Waals surface area contributed by atoms with Gasteiger partial charge in [-0.15, -0.1) is 0 Å². The normalized spacial score (nSPS) is 22.0. The number of benzene rings is 1. The smallest absolute Gasteiger partial charge is 0.166 e. The van der Waals surface area contributed by atoms with Crippen molar-refractivity contribution in [1.29, 1.82) is 0 Å². The van der Waals surface area contributed by atoms with Gasteiger partial charge in [-0.1, -0.05) is 30.7 Å². The quantitative estimate of drug-likeness (QED) is 0.649. The summed E-state index contributed by atoms with van der Waals surface area (Å²) >= 11 is 0. The van der Waals surface area contributed by atoms with Crippen molar-refractivity contribution in [1.82, 2.24) is 0 Å². The van der Waals surface area contributed by atoms with Crippen molar-refractivity contribution in [3.05, 3.63) is 75.8 Å². The van der Waals surface area contributed by atoms with Gasteiger partial charge in [-0.2, -0.15) is 0 Å². The second kappa shape index (κ2) is 7.27. The molecule has 1 nitrogen and oxygen atoms in total. The van der Waals surface area contributed by atoms with Crippen LogP contribution in [-0.4, -0.2) is 7.11 Å². The molecule has 0 N–H and O–H groups in total. The lowest BCUT2D eigenvalue weighted by atomic mass is 10.0. The average Bonchev–Trinajstić information content (AvgIpc) is 2.59. The molecule has 2 unspecified atom stereocenters. The number of ether oxygens (including phenoxy) is 1. The summed E-state index contributed by atoms with van der Waals surface area (Å²) in [5.74, 6) is 1.74. The maximum absolute atomic E-state index is 5.39. The van der Waals surface area contributed by atoms with Crippen LogP contribution in [0.4, 0.5) is 0 Å². The van der Waals surface area contributed by atoms with E-state index in [9.17, 15) is 0 Å². The summed E-state index contributed by atoms with van der Waals surface area (Å²) in [7, 11) is 1.80. The van der Waals surface area contributed by atoms with E-state index in [1.807, 2.05) is 0 Å². The van der Waals surface area contributed by atoms with Crippen LogP contribution in [0.5, 0.6) is 0 Å². The molecule has 0 radical (unpaired) electrons. The van der Waals surface area contributed by atoms with Crippen molar-refractivity contribution in [3.63, 3.8) is 0 Å². The van der Waals surface area contributed by atoms with Gasteiger partial charge in [0.05, 0.1) is 23.8 Å². The highest BCUT2D eigenvalue weighted by molar-refractivity contribution is 8.04. The predicted octanol–water partition coefficient (Wildman–Crippen LogP) is 5.66. The molecule has 1 aromatic carbocycles. The van der Waals surface area contributed by atoms with Gasteiger partial charge in [0.2, 0.25) is 0 Å². The van der Waals surface area contributed by atoms with E-state index < -0.39 is 0 Å². The van der Waals surface area contributed by atoms with E-state index in [-0.39, 0.29) is 10.9 Å². The highest BCUT2D eigenvalue weighted by Gasteiger charge is 2.33. The van der Waals surface area contributed by atoms with Crippen molar-refractivity contribution < 1.29 is 4.74 Å². The van der Waals surface area contributed by atoms with Gasteiger partial charge in [-0.25, -0.2) is 0 Å². The number of methoxy groups -OCH3 is 1. The van der Waals surface area contributed by atoms with E-state index in [0.717, 1.165) is 25.0 Å². The van der Waals surface area contributed by atoms with Crippen molar-refractivity contribution in [2.75, 3.05) is 7.11 Å². The Balaban J connectivity index is 1.97. The molecule has 0 aromatic heterocycles. The van der Waals surface area contributed by atoms with E-state index in [2.05, 4.69) is 68.5 Å². The molecular weight excluding hydrogens is 300 g/mol. The summed E-state index contributed by atoms with van der Waals surface area (Å²) < 4.78 is 5.39. The summed E-state index contributed by atoms with van der Waals surface area (Å²) in [6.07, 6.45) is 14.8. The summed E-state index contributed by atoms with van der Waals surface area (Å²) in [5.41, 5.74) is 1.32. The minimum Gasteiger partial charge on any atom is -0.501 e. The molecule has 3 rings (SSSR count). The Bertz CT molecular complexity index is 676. The Morgan fingerprint density at radius 3 is 2.43 bits per heavy atom. The van der Waals surface area contributed by atoms with E-state index in [0.29, 0.717) is 5.92 Å². The zero-order valence-electron chi connectivity index (χ0n) is 14.2. The molecule has 0 heterocycles. The topological polar surface area (TPSA) is 9.23 Å². The minimum atomic E-state index is 0.0344. The van der Waals surface area contributed by atoms with Crippen LogP contribution in [0.1, 0.15) is 31.7 Å². The highest BCUT2D eigenvalue weighted by Crippen LogP contribution is 2.37. The molecule has 2 aliphatic carbocycles. The lowest BCUT2D eigenvalue weighted by molar-refractivity contribution is 0.276. The van der Waals surface area contributed by atoms with Gasteiger partial charge in [0.1, 0.15) is 4.91 Å². The Kier molecular flexibility index (Phi) is 5.12. The molecule has 0 saturated carbocycles. The zero-order chi connectivity index (χ0) is 16.2. The fourth-order valence-electron chi connectivity index (χ4n) is 2.91. The van der Waals surface area contributed by atoms with Gasteiger partial charge >= 0.3 is 0 Å². The van der Waals surface area contributed by atoms with Crippen molar-refractivity contribution in [2.24, 2.45) is 5.92 Å². The molecule has 0 bridgehead atoms. The number of rotatable bonds is 4. The first-order valence-corrected chi connectivity index (χ1v) is 9.53. The first kappa shape index (κ1) is 16.2. The Labute approximate surface area is 142 Å². The van der Waals surface area contributed by atoms with Crippen LogP contribution < -0.4 is 0 Å². The molecule has 0 fully saturated rings. The third-order valence-corrected chi connectivity index (χ3v) is 6.75. The third-order valence-electron chi connectivity index (χ3n) is 4.37. The lowest BCUT2D eigenvalue weighted by Crippen LogP contribution is -2.12. The fraction of sp³-hybridized carbons (Fsp3) is 0.333. The van der Waals surface area contributed by atoms with Gasteiger partial charge in [-0.05, 0) is 55.7 Å². The summed E-state index contributed by atoms with van der Waals surface area (Å²) in [6.45, 7) is 4.43. The molecule has 23 heavy (non-hydrogen) atoms. The van der Waals surface area contributed by atoms with Crippen molar-refractivity contribution >= 4 is 10.9 Å². The molecule has 0 amide bonds. The van der Waals surface area contributed by atoms with E-state index >= 15 is 0 Å². The SMILES string of the molecule is COC1=CC=C([S+](C2=CCC(C)C=C2)c2ccc(C)cc2)CC1. The number of hydrogen-bond acceptors (Lipinski definition) is 1. The highest BCUT2D eigenvalue weighted by atomic mass is 32.2. The largest absolute Gasteiger partial charge is 0.501 e. The van der Waals surface area contributed by atoms with Crippen molar-refractivity contribution in [3.8, 4) is 0 Å². The van der Waals surface area contributed by atoms with Gasteiger partial charge in [0, 0.05) is 12.8 Å². The molecule has 0 spiro atoms. The molecule has 0 aliphatic heterocycles. The van der Waals surface area contributed by atoms with E-state index in [1.54, 1.807) is 7.11 Å². The standard InChI is InChI=1S/C21H25OS/c1-16-4-10-19(11-5-16)23(20-12-6-17(2)7-13-20)21-14-8-18(22-3)9-15-21/h4-6,8,10-14,17H,7,9,15H2,1-3H3/q+1. The second-order valence-corrected chi connectivity index (χ2v) is 8.35. The van der Waals surface area contributed by atoms with Crippen LogP contribution in [0.2, 0.25) is 0 Å². The third kappa shape index (κ3) is 3.81. The van der Waals surface area contributed by atoms with Gasteiger partial charge < -0.3 is 4.74 Å². The van der Waals surface area contributed by atoms with Gasteiger partial charge in [-0.3, -0.25) is 0 Å². The van der Waals surface area contributed by atoms with E-state index in [1.165, 1.54) is 20.3 Å². The monoisotopic (exact) mass is 325 g/mol. The lowest BCUT2D eigenvalue weighted by Gasteiger charge is -2.18. The van der Waals surface area contributed by atoms with Crippen LogP contribution in [0, 0.1) is 12.8 Å². The van der Waals surface area contributed by atoms with Crippen LogP contribution >= 0.6 is 0 Å². The number of allylic oxidation sites excluding steroid dienone is 7. The molecule has 2 aliphatic rings. The maximum atomic E-state index is 5.39. The Hall–Kier alpha value is -1.67. The molecule has 2 atom stereocenters. The second-order valence-electron chi connectivity index (χ2n) is 6.27. The maximum Gasteiger partial charge on any atom is 0.166 e. The average molecular weight is 325 g/mol. The molecular formula is C21H25OS+. The number of hydrogen-bond donors (Lipinski definition) is 0. The van der Waals surface area contributed by atoms with Crippen LogP contribution in [-0.2, 0) is 15.6 Å². The number of aryl methyl sites for hydroxylation is 1. The molecule has 1 aromatic rings. The molecule has 120 valence electrons. The van der Waals surface area contributed by atoms with Gasteiger partial charge in [0.25, 0.3) is 0 Å². The van der Waals surface area contributed by atoms with Crippen LogP contribution in [0.3, 0.4) is 0 Å². The van der Waals surface area contributed by atoms with Crippen LogP contribution in [0.15, 0.2) is 75.1 Å². The van der Waals surface area contributed by atoms with Gasteiger partial charge in [0.15, 0.2) is 9.80 Å². The first-order chi connectivity index (χ1) is 11.2. The zero-order valence-corrected chi connectivity index (χ0v) is 15.0. The van der Waals surface area contributed by atoms with E-state index in [4.69, 9.17) is 4.74 Å². The molecule has 0 saturated heterocycles. The summed E-state index contributed by atoms with van der Waals surface area (Å²) in [5, 5.41) is 0. The Morgan fingerprint density at radius 1 is 1.09 bits per heavy atom. The summed E-state index contributed by atoms with van der Waals surface area (Å²) in [4.78, 5) is 4.40. The summed E-state index contributed by atoms with van der Waals surface area (Å²) in [6, 6.07) is 9.04. The minimum absolute atomic E-state index is 0.0344. The fourth-order valence-corrected chi connectivity index (χ4v) is 5.19. The predicted molar refractivity (Wildman–Crippen MR) is 100 cm³/mol.